The Morgan fingerprint density at radius 1 is 1.35 bits per heavy atom. The summed E-state index contributed by atoms with van der Waals surface area (Å²) in [6, 6.07) is 6.27. The Morgan fingerprint density at radius 3 is 2.88 bits per heavy atom. The summed E-state index contributed by atoms with van der Waals surface area (Å²) in [6.45, 7) is 9.67. The van der Waals surface area contributed by atoms with E-state index in [1.165, 1.54) is 5.56 Å². The minimum Gasteiger partial charge on any atom is -0.491 e. The average Bonchev–Trinajstić information content (AvgIpc) is 3.11. The van der Waals surface area contributed by atoms with Gasteiger partial charge in [0.25, 0.3) is 0 Å². The largest absolute Gasteiger partial charge is 0.491 e. The molecule has 0 aliphatic carbocycles. The van der Waals surface area contributed by atoms with Gasteiger partial charge in [-0.15, -0.1) is 0 Å². The summed E-state index contributed by atoms with van der Waals surface area (Å²) in [5.74, 6) is 1.67. The van der Waals surface area contributed by atoms with E-state index in [9.17, 15) is 0 Å². The SMILES string of the molecule is CN=C(NCCOCC1CCCO1)NCc1ccc(C)cc1OC(C)C. The molecule has 1 aliphatic rings. The van der Waals surface area contributed by atoms with Crippen LogP contribution in [0.5, 0.6) is 5.75 Å². The summed E-state index contributed by atoms with van der Waals surface area (Å²) >= 11 is 0. The Morgan fingerprint density at radius 2 is 2.19 bits per heavy atom. The first kappa shape index (κ1) is 20.5. The van der Waals surface area contributed by atoms with Crippen molar-refractivity contribution in [1.82, 2.24) is 10.6 Å². The molecule has 1 saturated heterocycles. The second-order valence-corrected chi connectivity index (χ2v) is 6.84. The van der Waals surface area contributed by atoms with Gasteiger partial charge in [-0.25, -0.2) is 0 Å². The van der Waals surface area contributed by atoms with Crippen molar-refractivity contribution >= 4 is 5.96 Å². The van der Waals surface area contributed by atoms with Crippen molar-refractivity contribution in [3.8, 4) is 5.75 Å². The molecule has 146 valence electrons. The van der Waals surface area contributed by atoms with Gasteiger partial charge in [0.1, 0.15) is 5.75 Å². The molecule has 2 N–H and O–H groups in total. The zero-order chi connectivity index (χ0) is 18.8. The summed E-state index contributed by atoms with van der Waals surface area (Å²) in [5.41, 5.74) is 2.30. The quantitative estimate of drug-likeness (QED) is 0.401. The highest BCUT2D eigenvalue weighted by Crippen LogP contribution is 2.21. The highest BCUT2D eigenvalue weighted by atomic mass is 16.5. The second-order valence-electron chi connectivity index (χ2n) is 6.84. The van der Waals surface area contributed by atoms with Gasteiger partial charge < -0.3 is 24.8 Å². The number of nitrogens with zero attached hydrogens (tertiary/aromatic N) is 1. The van der Waals surface area contributed by atoms with Crippen LogP contribution in [-0.2, 0) is 16.0 Å². The van der Waals surface area contributed by atoms with Crippen molar-refractivity contribution in [2.24, 2.45) is 4.99 Å². The van der Waals surface area contributed by atoms with Crippen molar-refractivity contribution in [2.45, 2.75) is 52.4 Å². The molecule has 0 saturated carbocycles. The lowest BCUT2D eigenvalue weighted by Gasteiger charge is -2.17. The van der Waals surface area contributed by atoms with E-state index >= 15 is 0 Å². The summed E-state index contributed by atoms with van der Waals surface area (Å²) in [5, 5.41) is 6.60. The molecule has 0 amide bonds. The number of nitrogens with one attached hydrogen (secondary N) is 2. The van der Waals surface area contributed by atoms with Crippen molar-refractivity contribution in [3.05, 3.63) is 29.3 Å². The number of hydrogen-bond donors (Lipinski definition) is 2. The Labute approximate surface area is 157 Å². The Bertz CT molecular complexity index is 569. The first-order valence-electron chi connectivity index (χ1n) is 9.48. The monoisotopic (exact) mass is 363 g/mol. The third-order valence-corrected chi connectivity index (χ3v) is 4.12. The maximum Gasteiger partial charge on any atom is 0.191 e. The van der Waals surface area contributed by atoms with Gasteiger partial charge in [-0.3, -0.25) is 4.99 Å². The lowest BCUT2D eigenvalue weighted by Crippen LogP contribution is -2.38. The number of benzene rings is 1. The molecule has 1 unspecified atom stereocenters. The molecule has 1 aromatic rings. The van der Waals surface area contributed by atoms with Gasteiger partial charge in [0.05, 0.1) is 25.4 Å². The zero-order valence-electron chi connectivity index (χ0n) is 16.5. The van der Waals surface area contributed by atoms with Gasteiger partial charge in [-0.05, 0) is 45.2 Å². The number of guanidine groups is 1. The summed E-state index contributed by atoms with van der Waals surface area (Å²) < 4.78 is 17.1. The first-order valence-corrected chi connectivity index (χ1v) is 9.48. The van der Waals surface area contributed by atoms with Gasteiger partial charge in [-0.1, -0.05) is 12.1 Å². The first-order chi connectivity index (χ1) is 12.6. The van der Waals surface area contributed by atoms with E-state index < -0.39 is 0 Å². The van der Waals surface area contributed by atoms with Gasteiger partial charge in [0.2, 0.25) is 0 Å². The number of rotatable bonds is 9. The Balaban J connectivity index is 1.72. The molecule has 1 aliphatic heterocycles. The minimum absolute atomic E-state index is 0.147. The average molecular weight is 364 g/mol. The summed E-state index contributed by atoms with van der Waals surface area (Å²) in [6.07, 6.45) is 2.67. The molecular formula is C20H33N3O3. The molecule has 0 bridgehead atoms. The molecule has 6 nitrogen and oxygen atoms in total. The van der Waals surface area contributed by atoms with Crippen molar-refractivity contribution < 1.29 is 14.2 Å². The van der Waals surface area contributed by atoms with E-state index in [-0.39, 0.29) is 12.2 Å². The number of ether oxygens (including phenoxy) is 3. The second kappa shape index (κ2) is 11.0. The molecule has 0 aromatic heterocycles. The zero-order valence-corrected chi connectivity index (χ0v) is 16.5. The van der Waals surface area contributed by atoms with E-state index in [0.29, 0.717) is 26.3 Å². The van der Waals surface area contributed by atoms with Crippen LogP contribution in [0.4, 0.5) is 0 Å². The highest BCUT2D eigenvalue weighted by Gasteiger charge is 2.15. The number of aliphatic imine (C=N–C) groups is 1. The fourth-order valence-corrected chi connectivity index (χ4v) is 2.80. The Kier molecular flexibility index (Phi) is 8.71. The number of hydrogen-bond acceptors (Lipinski definition) is 4. The molecule has 2 rings (SSSR count). The van der Waals surface area contributed by atoms with E-state index in [1.807, 2.05) is 13.8 Å². The molecule has 26 heavy (non-hydrogen) atoms. The van der Waals surface area contributed by atoms with Crippen LogP contribution >= 0.6 is 0 Å². The van der Waals surface area contributed by atoms with Crippen LogP contribution in [0.2, 0.25) is 0 Å². The van der Waals surface area contributed by atoms with E-state index in [4.69, 9.17) is 14.2 Å². The predicted octanol–water partition coefficient (Wildman–Crippen LogP) is 2.64. The van der Waals surface area contributed by atoms with Crippen LogP contribution in [0.15, 0.2) is 23.2 Å². The van der Waals surface area contributed by atoms with Crippen LogP contribution < -0.4 is 15.4 Å². The minimum atomic E-state index is 0.147. The molecule has 0 spiro atoms. The van der Waals surface area contributed by atoms with Crippen LogP contribution in [0.1, 0.15) is 37.8 Å². The van der Waals surface area contributed by atoms with Crippen molar-refractivity contribution in [2.75, 3.05) is 33.4 Å². The molecule has 0 radical (unpaired) electrons. The highest BCUT2D eigenvalue weighted by molar-refractivity contribution is 5.79. The molecule has 1 atom stereocenters. The van der Waals surface area contributed by atoms with Gasteiger partial charge >= 0.3 is 0 Å². The molecule has 6 heteroatoms. The van der Waals surface area contributed by atoms with Crippen LogP contribution in [0.25, 0.3) is 0 Å². The topological polar surface area (TPSA) is 64.1 Å². The normalized spacial score (nSPS) is 17.6. The molecular weight excluding hydrogens is 330 g/mol. The van der Waals surface area contributed by atoms with E-state index in [1.54, 1.807) is 7.05 Å². The predicted molar refractivity (Wildman–Crippen MR) is 105 cm³/mol. The summed E-state index contributed by atoms with van der Waals surface area (Å²) in [7, 11) is 1.77. The lowest BCUT2D eigenvalue weighted by atomic mass is 10.1. The Hall–Kier alpha value is -1.79. The maximum absolute atomic E-state index is 5.92. The van der Waals surface area contributed by atoms with E-state index in [0.717, 1.165) is 36.7 Å². The fraction of sp³-hybridized carbons (Fsp3) is 0.650. The van der Waals surface area contributed by atoms with Gasteiger partial charge in [0.15, 0.2) is 5.96 Å². The smallest absolute Gasteiger partial charge is 0.191 e. The van der Waals surface area contributed by atoms with Crippen LogP contribution in [-0.4, -0.2) is 51.6 Å². The standard InChI is InChI=1S/C20H33N3O3/c1-15(2)26-19-12-16(3)7-8-17(19)13-23-20(21-4)22-9-11-24-14-18-6-5-10-25-18/h7-8,12,15,18H,5-6,9-11,13-14H2,1-4H3,(H2,21,22,23). The molecule has 1 fully saturated rings. The van der Waals surface area contributed by atoms with Crippen LogP contribution in [0.3, 0.4) is 0 Å². The van der Waals surface area contributed by atoms with E-state index in [2.05, 4.69) is 40.7 Å². The maximum atomic E-state index is 5.92. The number of aryl methyl sites for hydroxylation is 1. The van der Waals surface area contributed by atoms with Crippen molar-refractivity contribution in [1.29, 1.82) is 0 Å². The molecule has 1 aromatic carbocycles. The molecule has 1 heterocycles. The van der Waals surface area contributed by atoms with Crippen molar-refractivity contribution in [3.63, 3.8) is 0 Å². The lowest BCUT2D eigenvalue weighted by molar-refractivity contribution is 0.0191. The van der Waals surface area contributed by atoms with Gasteiger partial charge in [0, 0.05) is 32.3 Å². The van der Waals surface area contributed by atoms with Crippen LogP contribution in [0, 0.1) is 6.92 Å². The third-order valence-electron chi connectivity index (χ3n) is 4.12. The fourth-order valence-electron chi connectivity index (χ4n) is 2.80. The van der Waals surface area contributed by atoms with Gasteiger partial charge in [-0.2, -0.15) is 0 Å². The third kappa shape index (κ3) is 7.22. The summed E-state index contributed by atoms with van der Waals surface area (Å²) in [4.78, 5) is 4.26.